The second-order valence-electron chi connectivity index (χ2n) is 9.82. The lowest BCUT2D eigenvalue weighted by Crippen LogP contribution is -2.46. The maximum Gasteiger partial charge on any atom is 0.407 e. The number of nitrogens with one attached hydrogen (secondary N) is 2. The Morgan fingerprint density at radius 2 is 1.57 bits per heavy atom. The van der Waals surface area contributed by atoms with E-state index < -0.39 is 18.0 Å². The Morgan fingerprint density at radius 3 is 2.23 bits per heavy atom. The van der Waals surface area contributed by atoms with Gasteiger partial charge in [-0.2, -0.15) is 0 Å². The number of rotatable bonds is 7. The summed E-state index contributed by atoms with van der Waals surface area (Å²) in [5.74, 6) is -1.11. The van der Waals surface area contributed by atoms with Crippen molar-refractivity contribution in [3.8, 4) is 11.1 Å². The molecule has 1 saturated carbocycles. The highest BCUT2D eigenvalue weighted by atomic mass is 16.5. The van der Waals surface area contributed by atoms with Gasteiger partial charge in [0.1, 0.15) is 6.61 Å². The van der Waals surface area contributed by atoms with E-state index in [1.54, 1.807) is 0 Å². The van der Waals surface area contributed by atoms with E-state index in [1.165, 1.54) is 22.3 Å². The van der Waals surface area contributed by atoms with E-state index >= 15 is 0 Å². The van der Waals surface area contributed by atoms with Crippen molar-refractivity contribution in [1.29, 1.82) is 0 Å². The van der Waals surface area contributed by atoms with Gasteiger partial charge in [-0.3, -0.25) is 9.59 Å². The van der Waals surface area contributed by atoms with Gasteiger partial charge in [0.05, 0.1) is 5.92 Å². The van der Waals surface area contributed by atoms with Gasteiger partial charge in [0.15, 0.2) is 0 Å². The highest BCUT2D eigenvalue weighted by Gasteiger charge is 2.34. The summed E-state index contributed by atoms with van der Waals surface area (Å²) in [6, 6.07) is 16.2. The number of allylic oxidation sites excluding steroid dienone is 1. The molecule has 0 heterocycles. The van der Waals surface area contributed by atoms with Crippen molar-refractivity contribution >= 4 is 18.0 Å². The lowest BCUT2D eigenvalue weighted by atomic mass is 9.78. The third-order valence-corrected chi connectivity index (χ3v) is 7.40. The zero-order valence-corrected chi connectivity index (χ0v) is 19.5. The highest BCUT2D eigenvalue weighted by molar-refractivity contribution is 5.79. The van der Waals surface area contributed by atoms with Gasteiger partial charge in [0, 0.05) is 24.4 Å². The summed E-state index contributed by atoms with van der Waals surface area (Å²) in [7, 11) is 0. The summed E-state index contributed by atoms with van der Waals surface area (Å²) in [6.45, 7) is 0.282. The van der Waals surface area contributed by atoms with Crippen molar-refractivity contribution in [2.24, 2.45) is 11.8 Å². The van der Waals surface area contributed by atoms with Crippen LogP contribution in [0.15, 0.2) is 60.7 Å². The Hall–Kier alpha value is -3.61. The smallest absolute Gasteiger partial charge is 0.407 e. The summed E-state index contributed by atoms with van der Waals surface area (Å²) < 4.78 is 5.61. The Kier molecular flexibility index (Phi) is 6.57. The molecule has 0 unspecified atom stereocenters. The Balaban J connectivity index is 1.05. The van der Waals surface area contributed by atoms with Crippen LogP contribution in [0.5, 0.6) is 0 Å². The van der Waals surface area contributed by atoms with Gasteiger partial charge in [0.2, 0.25) is 5.91 Å². The van der Waals surface area contributed by atoms with Crippen LogP contribution in [0.2, 0.25) is 0 Å². The van der Waals surface area contributed by atoms with Crippen LogP contribution < -0.4 is 10.6 Å². The summed E-state index contributed by atoms with van der Waals surface area (Å²) >= 11 is 0. The molecule has 7 nitrogen and oxygen atoms in total. The number of amides is 2. The van der Waals surface area contributed by atoms with Crippen LogP contribution in [0, 0.1) is 11.8 Å². The van der Waals surface area contributed by atoms with Crippen molar-refractivity contribution < 1.29 is 24.2 Å². The molecule has 3 aliphatic rings. The number of carboxylic acids is 1. The zero-order valence-electron chi connectivity index (χ0n) is 19.5. The fourth-order valence-corrected chi connectivity index (χ4v) is 5.55. The lowest BCUT2D eigenvalue weighted by Gasteiger charge is -2.35. The van der Waals surface area contributed by atoms with Crippen molar-refractivity contribution in [3.63, 3.8) is 0 Å². The fourth-order valence-electron chi connectivity index (χ4n) is 5.55. The molecule has 35 heavy (non-hydrogen) atoms. The van der Waals surface area contributed by atoms with Crippen LogP contribution in [-0.2, 0) is 14.3 Å². The van der Waals surface area contributed by atoms with E-state index in [0.717, 1.165) is 12.8 Å². The molecule has 3 aliphatic carbocycles. The maximum absolute atomic E-state index is 12.4. The number of hydrogen-bond donors (Lipinski definition) is 3. The van der Waals surface area contributed by atoms with Crippen molar-refractivity contribution in [2.45, 2.75) is 50.1 Å². The molecule has 7 heteroatoms. The SMILES string of the molecule is O=C(CC1CC(NC(=O)OCC2c3ccccc3-c3ccccc32)C1)N[C@@H]1C=CC[C@@H](C(=O)O)C1. The van der Waals surface area contributed by atoms with Crippen LogP contribution >= 0.6 is 0 Å². The van der Waals surface area contributed by atoms with Gasteiger partial charge in [-0.05, 0) is 53.9 Å². The largest absolute Gasteiger partial charge is 0.481 e. The average molecular weight is 475 g/mol. The minimum atomic E-state index is -0.824. The molecule has 182 valence electrons. The maximum atomic E-state index is 12.4. The predicted molar refractivity (Wildman–Crippen MR) is 131 cm³/mol. The number of benzene rings is 2. The van der Waals surface area contributed by atoms with Gasteiger partial charge in [-0.1, -0.05) is 60.7 Å². The summed E-state index contributed by atoms with van der Waals surface area (Å²) in [6.07, 6.45) is 6.05. The monoisotopic (exact) mass is 474 g/mol. The summed E-state index contributed by atoms with van der Waals surface area (Å²) in [5, 5.41) is 15.0. The normalized spacial score (nSPS) is 24.6. The second-order valence-corrected chi connectivity index (χ2v) is 9.82. The summed E-state index contributed by atoms with van der Waals surface area (Å²) in [4.78, 5) is 36.0. The van der Waals surface area contributed by atoms with Crippen molar-refractivity contribution in [1.82, 2.24) is 10.6 Å². The number of ether oxygens (including phenoxy) is 1. The molecule has 2 amide bonds. The fraction of sp³-hybridized carbons (Fsp3) is 0.393. The third-order valence-electron chi connectivity index (χ3n) is 7.40. The molecule has 0 aromatic heterocycles. The van der Waals surface area contributed by atoms with Crippen molar-refractivity contribution in [2.75, 3.05) is 6.61 Å². The van der Waals surface area contributed by atoms with Gasteiger partial charge >= 0.3 is 12.1 Å². The van der Waals surface area contributed by atoms with Crippen LogP contribution in [0.3, 0.4) is 0 Å². The van der Waals surface area contributed by atoms with E-state index in [2.05, 4.69) is 34.9 Å². The van der Waals surface area contributed by atoms with E-state index in [-0.39, 0.29) is 36.4 Å². The second kappa shape index (κ2) is 9.94. The number of carbonyl (C=O) groups is 3. The number of alkyl carbamates (subject to hydrolysis) is 1. The molecule has 5 rings (SSSR count). The molecular formula is C28H30N2O5. The van der Waals surface area contributed by atoms with Gasteiger partial charge in [-0.15, -0.1) is 0 Å². The average Bonchev–Trinajstić information content (AvgIpc) is 3.15. The minimum Gasteiger partial charge on any atom is -0.481 e. The topological polar surface area (TPSA) is 105 Å². The van der Waals surface area contributed by atoms with Gasteiger partial charge in [-0.25, -0.2) is 4.79 Å². The predicted octanol–water partition coefficient (Wildman–Crippen LogP) is 4.23. The number of hydrogen-bond acceptors (Lipinski definition) is 4. The molecule has 0 bridgehead atoms. The number of carbonyl (C=O) groups excluding carboxylic acids is 2. The number of aliphatic carboxylic acids is 1. The first-order valence-corrected chi connectivity index (χ1v) is 12.3. The zero-order chi connectivity index (χ0) is 24.4. The number of carboxylic acid groups (broad SMARTS) is 1. The molecule has 3 N–H and O–H groups in total. The first kappa shape index (κ1) is 23.1. The van der Waals surface area contributed by atoms with Gasteiger partial charge in [0.25, 0.3) is 0 Å². The highest BCUT2D eigenvalue weighted by Crippen LogP contribution is 2.44. The van der Waals surface area contributed by atoms with E-state index in [9.17, 15) is 19.5 Å². The Labute approximate surface area is 204 Å². The van der Waals surface area contributed by atoms with Crippen LogP contribution in [0.25, 0.3) is 11.1 Å². The van der Waals surface area contributed by atoms with Crippen LogP contribution in [0.4, 0.5) is 4.79 Å². The van der Waals surface area contributed by atoms with Crippen LogP contribution in [0.1, 0.15) is 49.1 Å². The molecule has 2 atom stereocenters. The molecule has 0 spiro atoms. The molecule has 0 radical (unpaired) electrons. The Morgan fingerprint density at radius 1 is 0.914 bits per heavy atom. The minimum absolute atomic E-state index is 0.00872. The van der Waals surface area contributed by atoms with Crippen molar-refractivity contribution in [3.05, 3.63) is 71.8 Å². The van der Waals surface area contributed by atoms with Gasteiger partial charge < -0.3 is 20.5 Å². The molecule has 1 fully saturated rings. The van der Waals surface area contributed by atoms with E-state index in [1.807, 2.05) is 36.4 Å². The quantitative estimate of drug-likeness (QED) is 0.521. The third kappa shape index (κ3) is 5.09. The first-order chi connectivity index (χ1) is 17.0. The number of fused-ring (bicyclic) bond motifs is 3. The molecule has 0 aliphatic heterocycles. The molecule has 0 saturated heterocycles. The van der Waals surface area contributed by atoms with Crippen LogP contribution in [-0.4, -0.2) is 41.8 Å². The van der Waals surface area contributed by atoms with E-state index in [4.69, 9.17) is 4.74 Å². The first-order valence-electron chi connectivity index (χ1n) is 12.3. The summed E-state index contributed by atoms with van der Waals surface area (Å²) in [5.41, 5.74) is 4.75. The molecule has 2 aromatic carbocycles. The molecule has 2 aromatic rings. The van der Waals surface area contributed by atoms with E-state index in [0.29, 0.717) is 19.3 Å². The lowest BCUT2D eigenvalue weighted by molar-refractivity contribution is -0.142. The Bertz CT molecular complexity index is 1110. The molecular weight excluding hydrogens is 444 g/mol. The standard InChI is InChI=1S/C28H30N2O5/c31-26(29-19-7-5-6-18(15-19)27(32)33)14-17-12-20(13-17)30-28(34)35-16-25-23-10-3-1-8-21(23)22-9-2-4-11-24(22)25/h1-5,7-11,17-20,25H,6,12-16H2,(H,29,31)(H,30,34)(H,32,33)/t17?,18-,19-,20?/m1/s1.